The van der Waals surface area contributed by atoms with Crippen LogP contribution >= 0.6 is 35.4 Å². The van der Waals surface area contributed by atoms with E-state index in [-0.39, 0.29) is 16.7 Å². The maximum Gasteiger partial charge on any atom is 0.573 e. The SMILES string of the molecule is NC(=NC=Nc1ccc(OC(F)(F)F)cc1)c1ccc(C=NNC(=S)Nc2ccc(Cl)cc2Cl)cc1. The highest BCUT2D eigenvalue weighted by molar-refractivity contribution is 7.80. The molecule has 0 aliphatic rings. The van der Waals surface area contributed by atoms with Gasteiger partial charge in [0, 0.05) is 10.6 Å². The number of amidine groups is 1. The number of benzene rings is 3. The number of alkyl halides is 3. The van der Waals surface area contributed by atoms with Gasteiger partial charge in [0.05, 0.1) is 22.6 Å². The van der Waals surface area contributed by atoms with Crippen LogP contribution in [0.5, 0.6) is 5.75 Å². The number of halogens is 5. The minimum absolute atomic E-state index is 0.197. The van der Waals surface area contributed by atoms with Crippen molar-refractivity contribution in [3.63, 3.8) is 0 Å². The summed E-state index contributed by atoms with van der Waals surface area (Å²) < 4.78 is 40.4. The monoisotopic (exact) mass is 552 g/mol. The van der Waals surface area contributed by atoms with Gasteiger partial charge < -0.3 is 15.8 Å². The molecule has 0 aliphatic heterocycles. The van der Waals surface area contributed by atoms with Gasteiger partial charge in [0.15, 0.2) is 5.11 Å². The van der Waals surface area contributed by atoms with Gasteiger partial charge in [-0.15, -0.1) is 13.2 Å². The first-order valence-electron chi connectivity index (χ1n) is 9.96. The number of hydrogen-bond acceptors (Lipinski definition) is 4. The third-order valence-corrected chi connectivity index (χ3v) is 4.98. The predicted molar refractivity (Wildman–Crippen MR) is 142 cm³/mol. The zero-order valence-electron chi connectivity index (χ0n) is 18.1. The first kappa shape index (κ1) is 26.9. The van der Waals surface area contributed by atoms with Gasteiger partial charge in [-0.1, -0.05) is 47.5 Å². The maximum atomic E-state index is 12.2. The van der Waals surface area contributed by atoms with Crippen molar-refractivity contribution in [3.8, 4) is 5.75 Å². The van der Waals surface area contributed by atoms with Crippen LogP contribution in [0.25, 0.3) is 0 Å². The predicted octanol–water partition coefficient (Wildman–Crippen LogP) is 6.28. The lowest BCUT2D eigenvalue weighted by atomic mass is 10.1. The van der Waals surface area contributed by atoms with Gasteiger partial charge in [-0.2, -0.15) is 5.10 Å². The second kappa shape index (κ2) is 12.3. The number of rotatable bonds is 7. The summed E-state index contributed by atoms with van der Waals surface area (Å²) in [5.74, 6) is -0.144. The Morgan fingerprint density at radius 3 is 2.33 bits per heavy atom. The third kappa shape index (κ3) is 8.84. The van der Waals surface area contributed by atoms with Crippen LogP contribution in [0, 0.1) is 0 Å². The van der Waals surface area contributed by atoms with Crippen LogP contribution in [-0.2, 0) is 0 Å². The van der Waals surface area contributed by atoms with E-state index in [1.165, 1.54) is 18.5 Å². The molecule has 36 heavy (non-hydrogen) atoms. The van der Waals surface area contributed by atoms with Gasteiger partial charge in [0.25, 0.3) is 0 Å². The van der Waals surface area contributed by atoms with E-state index in [0.717, 1.165) is 17.7 Å². The number of hydrazone groups is 1. The zero-order valence-corrected chi connectivity index (χ0v) is 20.5. The van der Waals surface area contributed by atoms with Crippen molar-refractivity contribution in [1.82, 2.24) is 5.43 Å². The smallest absolute Gasteiger partial charge is 0.406 e. The van der Waals surface area contributed by atoms with Crippen molar-refractivity contribution >= 4 is 70.3 Å². The first-order chi connectivity index (χ1) is 17.1. The molecular weight excluding hydrogens is 536 g/mol. The molecule has 0 bridgehead atoms. The Labute approximate surface area is 219 Å². The van der Waals surface area contributed by atoms with E-state index in [9.17, 15) is 13.2 Å². The summed E-state index contributed by atoms with van der Waals surface area (Å²) in [6, 6.07) is 17.0. The van der Waals surface area contributed by atoms with Gasteiger partial charge >= 0.3 is 6.36 Å². The molecule has 0 unspecified atom stereocenters. The quantitative estimate of drug-likeness (QED) is 0.139. The molecule has 13 heteroatoms. The number of nitrogens with zero attached hydrogens (tertiary/aromatic N) is 3. The minimum atomic E-state index is -4.75. The molecular formula is C23H17Cl2F3N6OS. The Balaban J connectivity index is 1.52. The van der Waals surface area contributed by atoms with E-state index in [1.807, 2.05) is 0 Å². The summed E-state index contributed by atoms with van der Waals surface area (Å²) >= 11 is 17.1. The molecule has 0 atom stereocenters. The van der Waals surface area contributed by atoms with Crippen LogP contribution in [0.2, 0.25) is 10.0 Å². The molecule has 4 N–H and O–H groups in total. The second-order valence-corrected chi connectivity index (χ2v) is 8.12. The van der Waals surface area contributed by atoms with Gasteiger partial charge in [-0.25, -0.2) is 9.98 Å². The van der Waals surface area contributed by atoms with Crippen LogP contribution in [-0.4, -0.2) is 29.9 Å². The van der Waals surface area contributed by atoms with Crippen molar-refractivity contribution in [2.24, 2.45) is 20.8 Å². The van der Waals surface area contributed by atoms with Gasteiger partial charge in [-0.05, 0) is 60.2 Å². The summed E-state index contributed by atoms with van der Waals surface area (Å²) in [6.07, 6.45) is -1.99. The van der Waals surface area contributed by atoms with Crippen LogP contribution in [0.1, 0.15) is 11.1 Å². The summed E-state index contributed by atoms with van der Waals surface area (Å²) in [7, 11) is 0. The van der Waals surface area contributed by atoms with Crippen LogP contribution in [0.15, 0.2) is 81.8 Å². The van der Waals surface area contributed by atoms with Gasteiger partial charge in [-0.3, -0.25) is 5.43 Å². The Kier molecular flexibility index (Phi) is 9.23. The maximum absolute atomic E-state index is 12.2. The molecule has 0 aliphatic carbocycles. The number of nitrogens with one attached hydrogen (secondary N) is 2. The Morgan fingerprint density at radius 1 is 1.00 bits per heavy atom. The lowest BCUT2D eigenvalue weighted by Crippen LogP contribution is -2.24. The molecule has 186 valence electrons. The average Bonchev–Trinajstić information content (AvgIpc) is 2.81. The largest absolute Gasteiger partial charge is 0.573 e. The molecule has 3 aromatic carbocycles. The van der Waals surface area contributed by atoms with Gasteiger partial charge in [0.2, 0.25) is 0 Å². The van der Waals surface area contributed by atoms with Crippen molar-refractivity contribution < 1.29 is 17.9 Å². The number of hydrogen-bond donors (Lipinski definition) is 3. The molecule has 0 spiro atoms. The fraction of sp³-hybridized carbons (Fsp3) is 0.0435. The standard InChI is InChI=1S/C23H17Cl2F3N6OS/c24-16-5-10-20(19(25)11-16)33-22(36)34-32-12-14-1-3-15(4-2-14)21(29)31-13-30-17-6-8-18(9-7-17)35-23(26,27)28/h1-13H,(H2,29,30,31)(H2,33,34,36). The van der Waals surface area contributed by atoms with E-state index >= 15 is 0 Å². The molecule has 0 saturated heterocycles. The lowest BCUT2D eigenvalue weighted by Gasteiger charge is -2.08. The lowest BCUT2D eigenvalue weighted by molar-refractivity contribution is -0.274. The molecule has 0 fully saturated rings. The van der Waals surface area contributed by atoms with Gasteiger partial charge in [0.1, 0.15) is 17.9 Å². The summed E-state index contributed by atoms with van der Waals surface area (Å²) in [5.41, 5.74) is 11.0. The molecule has 0 heterocycles. The van der Waals surface area contributed by atoms with E-state index in [0.29, 0.717) is 27.0 Å². The van der Waals surface area contributed by atoms with Crippen molar-refractivity contribution in [1.29, 1.82) is 0 Å². The second-order valence-electron chi connectivity index (χ2n) is 6.87. The fourth-order valence-corrected chi connectivity index (χ4v) is 3.23. The first-order valence-corrected chi connectivity index (χ1v) is 11.1. The molecule has 7 nitrogen and oxygen atoms in total. The fourth-order valence-electron chi connectivity index (χ4n) is 2.61. The molecule has 0 amide bonds. The van der Waals surface area contributed by atoms with Crippen molar-refractivity contribution in [2.75, 3.05) is 5.32 Å². The highest BCUT2D eigenvalue weighted by atomic mass is 35.5. The molecule has 0 radical (unpaired) electrons. The molecule has 3 rings (SSSR count). The summed E-state index contributed by atoms with van der Waals surface area (Å²) in [6.45, 7) is 0. The zero-order chi connectivity index (χ0) is 26.1. The normalized spacial score (nSPS) is 12.2. The molecule has 0 aromatic heterocycles. The highest BCUT2D eigenvalue weighted by Crippen LogP contribution is 2.26. The summed E-state index contributed by atoms with van der Waals surface area (Å²) in [4.78, 5) is 8.07. The average molecular weight is 553 g/mol. The van der Waals surface area contributed by atoms with Crippen molar-refractivity contribution in [2.45, 2.75) is 6.36 Å². The topological polar surface area (TPSA) is 96.4 Å². The number of anilines is 1. The number of ether oxygens (including phenoxy) is 1. The van der Waals surface area contributed by atoms with Crippen molar-refractivity contribution in [3.05, 3.63) is 87.9 Å². The van der Waals surface area contributed by atoms with E-state index < -0.39 is 6.36 Å². The molecule has 3 aromatic rings. The van der Waals surface area contributed by atoms with Crippen LogP contribution in [0.4, 0.5) is 24.5 Å². The Hall–Kier alpha value is -3.67. The Bertz CT molecular complexity index is 1300. The van der Waals surface area contributed by atoms with E-state index in [1.54, 1.807) is 48.7 Å². The molecule has 0 saturated carbocycles. The van der Waals surface area contributed by atoms with E-state index in [4.69, 9.17) is 41.2 Å². The third-order valence-electron chi connectivity index (χ3n) is 4.24. The van der Waals surface area contributed by atoms with Crippen LogP contribution in [0.3, 0.4) is 0 Å². The minimum Gasteiger partial charge on any atom is -0.406 e. The highest BCUT2D eigenvalue weighted by Gasteiger charge is 2.30. The summed E-state index contributed by atoms with van der Waals surface area (Å²) in [5, 5.41) is 8.15. The van der Waals surface area contributed by atoms with E-state index in [2.05, 4.69) is 30.6 Å². The number of thiocarbonyl (C=S) groups is 1. The number of aliphatic imine (C=N–C) groups is 2. The van der Waals surface area contributed by atoms with Crippen LogP contribution < -0.4 is 21.2 Å². The Morgan fingerprint density at radius 2 is 1.69 bits per heavy atom. The number of nitrogens with two attached hydrogens (primary N) is 1.